The van der Waals surface area contributed by atoms with Crippen LogP contribution in [0, 0.1) is 0 Å². The lowest BCUT2D eigenvalue weighted by molar-refractivity contribution is -0.133. The first-order valence-electron chi connectivity index (χ1n) is 12.4. The first-order valence-corrected chi connectivity index (χ1v) is 12.4. The van der Waals surface area contributed by atoms with Crippen molar-refractivity contribution in [1.82, 2.24) is 14.7 Å². The number of carbonyl (C=O) groups excluding carboxylic acids is 3. The molecule has 0 aliphatic carbocycles. The van der Waals surface area contributed by atoms with E-state index in [9.17, 15) is 14.4 Å². The van der Waals surface area contributed by atoms with Gasteiger partial charge in [-0.15, -0.1) is 0 Å². The van der Waals surface area contributed by atoms with E-state index in [1.807, 2.05) is 23.8 Å². The third-order valence-electron chi connectivity index (χ3n) is 6.71. The van der Waals surface area contributed by atoms with Crippen molar-refractivity contribution < 1.29 is 14.4 Å². The molecule has 0 aromatic heterocycles. The van der Waals surface area contributed by atoms with E-state index in [-0.39, 0.29) is 5.91 Å². The van der Waals surface area contributed by atoms with E-state index in [0.717, 1.165) is 58.0 Å². The highest BCUT2D eigenvalue weighted by Gasteiger charge is 2.23. The molecule has 2 aliphatic heterocycles. The second-order valence-corrected chi connectivity index (χ2v) is 8.99. The Morgan fingerprint density at radius 2 is 1.26 bits per heavy atom. The molecule has 3 amide bonds. The van der Waals surface area contributed by atoms with Crippen LogP contribution >= 0.6 is 0 Å². The third-order valence-corrected chi connectivity index (χ3v) is 6.71. The maximum absolute atomic E-state index is 11.5. The third kappa shape index (κ3) is 11.0. The average Bonchev–Trinajstić information content (AvgIpc) is 3.08. The quantitative estimate of drug-likeness (QED) is 0.594. The van der Waals surface area contributed by atoms with Gasteiger partial charge in [0.05, 0.1) is 0 Å². The Balaban J connectivity index is 0.000000441. The zero-order valence-electron chi connectivity index (χ0n) is 21.6. The van der Waals surface area contributed by atoms with Gasteiger partial charge in [0, 0.05) is 58.0 Å². The molecule has 2 heterocycles. The van der Waals surface area contributed by atoms with Crippen LogP contribution in [0.1, 0.15) is 106 Å². The van der Waals surface area contributed by atoms with Crippen molar-refractivity contribution in [1.29, 1.82) is 0 Å². The monoisotopic (exact) mass is 439 g/mol. The first kappa shape index (κ1) is 29.4. The van der Waals surface area contributed by atoms with Gasteiger partial charge < -0.3 is 14.7 Å². The minimum Gasteiger partial charge on any atom is -0.343 e. The molecule has 0 N–H and O–H groups in total. The van der Waals surface area contributed by atoms with Gasteiger partial charge in [0.1, 0.15) is 0 Å². The van der Waals surface area contributed by atoms with Gasteiger partial charge in [-0.05, 0) is 59.3 Å². The zero-order valence-corrected chi connectivity index (χ0v) is 21.6. The van der Waals surface area contributed by atoms with E-state index in [4.69, 9.17) is 0 Å². The zero-order chi connectivity index (χ0) is 24.0. The summed E-state index contributed by atoms with van der Waals surface area (Å²) < 4.78 is 0. The SMILES string of the molecule is CCC(C)N(C)C(C)=O.CCC(C)N1CCCC1=O.CCC(C)N1CCCCCC1=O. The van der Waals surface area contributed by atoms with Crippen molar-refractivity contribution in [2.45, 2.75) is 124 Å². The normalized spacial score (nSPS) is 19.4. The molecule has 3 unspecified atom stereocenters. The van der Waals surface area contributed by atoms with Crippen molar-refractivity contribution in [3.63, 3.8) is 0 Å². The minimum absolute atomic E-state index is 0.143. The van der Waals surface area contributed by atoms with Crippen LogP contribution in [-0.2, 0) is 14.4 Å². The molecule has 0 aromatic rings. The maximum Gasteiger partial charge on any atom is 0.222 e. The van der Waals surface area contributed by atoms with Crippen LogP contribution in [0.3, 0.4) is 0 Å². The molecular weight excluding hydrogens is 390 g/mol. The van der Waals surface area contributed by atoms with Gasteiger partial charge in [-0.1, -0.05) is 27.2 Å². The molecule has 0 saturated carbocycles. The van der Waals surface area contributed by atoms with Gasteiger partial charge in [0.15, 0.2) is 0 Å². The van der Waals surface area contributed by atoms with Gasteiger partial charge in [-0.25, -0.2) is 0 Å². The van der Waals surface area contributed by atoms with Gasteiger partial charge in [-0.3, -0.25) is 14.4 Å². The molecule has 0 aromatic carbocycles. The summed E-state index contributed by atoms with van der Waals surface area (Å²) in [5.74, 6) is 0.848. The second kappa shape index (κ2) is 16.1. The molecule has 2 fully saturated rings. The van der Waals surface area contributed by atoms with Crippen molar-refractivity contribution in [3.8, 4) is 0 Å². The summed E-state index contributed by atoms with van der Waals surface area (Å²) >= 11 is 0. The number of hydrogen-bond acceptors (Lipinski definition) is 3. The maximum atomic E-state index is 11.5. The van der Waals surface area contributed by atoms with Crippen molar-refractivity contribution in [3.05, 3.63) is 0 Å². The molecule has 0 radical (unpaired) electrons. The minimum atomic E-state index is 0.143. The van der Waals surface area contributed by atoms with E-state index in [1.165, 1.54) is 12.8 Å². The predicted octanol–water partition coefficient (Wildman–Crippen LogP) is 4.86. The fourth-order valence-corrected chi connectivity index (χ4v) is 3.63. The summed E-state index contributed by atoms with van der Waals surface area (Å²) in [6.45, 7) is 16.2. The molecule has 31 heavy (non-hydrogen) atoms. The number of carbonyl (C=O) groups is 3. The van der Waals surface area contributed by atoms with E-state index in [0.29, 0.717) is 29.9 Å². The van der Waals surface area contributed by atoms with E-state index in [2.05, 4.69) is 34.6 Å². The lowest BCUT2D eigenvalue weighted by Gasteiger charge is -2.26. The Kier molecular flexibility index (Phi) is 15.3. The second-order valence-electron chi connectivity index (χ2n) is 8.99. The lowest BCUT2D eigenvalue weighted by atomic mass is 10.2. The number of rotatable bonds is 6. The Morgan fingerprint density at radius 1 is 0.806 bits per heavy atom. The molecule has 6 nitrogen and oxygen atoms in total. The van der Waals surface area contributed by atoms with Crippen LogP contribution in [0.2, 0.25) is 0 Å². The molecule has 2 rings (SSSR count). The molecule has 0 spiro atoms. The highest BCUT2D eigenvalue weighted by atomic mass is 16.2. The van der Waals surface area contributed by atoms with E-state index < -0.39 is 0 Å². The Bertz CT molecular complexity index is 538. The number of nitrogens with zero attached hydrogens (tertiary/aromatic N) is 3. The van der Waals surface area contributed by atoms with Gasteiger partial charge in [0.25, 0.3) is 0 Å². The van der Waals surface area contributed by atoms with Gasteiger partial charge in [0.2, 0.25) is 17.7 Å². The molecule has 6 heteroatoms. The smallest absolute Gasteiger partial charge is 0.222 e. The summed E-state index contributed by atoms with van der Waals surface area (Å²) in [4.78, 5) is 39.1. The summed E-state index contributed by atoms with van der Waals surface area (Å²) in [5.41, 5.74) is 0. The van der Waals surface area contributed by atoms with Gasteiger partial charge >= 0.3 is 0 Å². The molecule has 0 bridgehead atoms. The van der Waals surface area contributed by atoms with Crippen LogP contribution in [0.4, 0.5) is 0 Å². The van der Waals surface area contributed by atoms with Gasteiger partial charge in [-0.2, -0.15) is 0 Å². The summed E-state index contributed by atoms with van der Waals surface area (Å²) in [6, 6.07) is 1.27. The number of amides is 3. The van der Waals surface area contributed by atoms with Crippen LogP contribution < -0.4 is 0 Å². The largest absolute Gasteiger partial charge is 0.343 e. The first-order chi connectivity index (χ1) is 14.6. The van der Waals surface area contributed by atoms with Crippen LogP contribution in [-0.4, -0.2) is 70.7 Å². The molecule has 2 saturated heterocycles. The highest BCUT2D eigenvalue weighted by molar-refractivity contribution is 5.78. The van der Waals surface area contributed by atoms with Crippen LogP contribution in [0.15, 0.2) is 0 Å². The molecular formula is C25H49N3O3. The van der Waals surface area contributed by atoms with Crippen molar-refractivity contribution in [2.75, 3.05) is 20.1 Å². The van der Waals surface area contributed by atoms with Crippen LogP contribution in [0.5, 0.6) is 0 Å². The predicted molar refractivity (Wildman–Crippen MR) is 129 cm³/mol. The molecule has 3 atom stereocenters. The topological polar surface area (TPSA) is 60.9 Å². The van der Waals surface area contributed by atoms with E-state index >= 15 is 0 Å². The summed E-state index contributed by atoms with van der Waals surface area (Å²) in [6.07, 6.45) is 9.27. The average molecular weight is 440 g/mol. The molecule has 182 valence electrons. The Morgan fingerprint density at radius 3 is 1.61 bits per heavy atom. The Hall–Kier alpha value is -1.59. The number of hydrogen-bond donors (Lipinski definition) is 0. The highest BCUT2D eigenvalue weighted by Crippen LogP contribution is 2.15. The van der Waals surface area contributed by atoms with Crippen molar-refractivity contribution in [2.24, 2.45) is 0 Å². The fourth-order valence-electron chi connectivity index (χ4n) is 3.63. The standard InChI is InChI=1S/C10H19NO.C8H15NO.C7H15NO/c1-3-9(2)11-8-6-4-5-7-10(11)12;1-3-7(2)9-6-4-5-8(9)10;1-5-6(2)8(4)7(3)9/h9H,3-8H2,1-2H3;7H,3-6H2,1-2H3;6H,5H2,1-4H3. The summed E-state index contributed by atoms with van der Waals surface area (Å²) in [7, 11) is 1.83. The Labute approximate surface area is 191 Å². The summed E-state index contributed by atoms with van der Waals surface area (Å²) in [5, 5.41) is 0. The van der Waals surface area contributed by atoms with E-state index in [1.54, 1.807) is 11.8 Å². The molecule has 2 aliphatic rings. The lowest BCUT2D eigenvalue weighted by Crippen LogP contribution is -2.37. The van der Waals surface area contributed by atoms with Crippen molar-refractivity contribution >= 4 is 17.7 Å². The fraction of sp³-hybridized carbons (Fsp3) is 0.880. The van der Waals surface area contributed by atoms with Crippen LogP contribution in [0.25, 0.3) is 0 Å². The number of likely N-dealkylation sites (tertiary alicyclic amines) is 2.